The second-order valence-electron chi connectivity index (χ2n) is 10.6. The van der Waals surface area contributed by atoms with E-state index in [0.29, 0.717) is 32.1 Å². The topological polar surface area (TPSA) is 78.0 Å². The summed E-state index contributed by atoms with van der Waals surface area (Å²) >= 11 is 0. The predicted octanol–water partition coefficient (Wildman–Crippen LogP) is 7.08. The van der Waals surface area contributed by atoms with Crippen LogP contribution >= 0.6 is 0 Å². The monoisotopic (exact) mass is 518 g/mol. The molecule has 1 fully saturated rings. The molecular weight excluding hydrogens is 468 g/mol. The maximum atomic E-state index is 12.6. The second kappa shape index (κ2) is 19.1. The van der Waals surface area contributed by atoms with E-state index in [1.807, 2.05) is 6.07 Å². The van der Waals surface area contributed by atoms with E-state index in [0.717, 1.165) is 11.3 Å². The molecule has 0 aromatic carbocycles. The summed E-state index contributed by atoms with van der Waals surface area (Å²) in [6.07, 6.45) is 19.7. The quantitative estimate of drug-likeness (QED) is 0.162. The maximum absolute atomic E-state index is 12.6. The molecule has 1 aromatic heterocycles. The van der Waals surface area contributed by atoms with Crippen LogP contribution in [0.1, 0.15) is 109 Å². The van der Waals surface area contributed by atoms with Gasteiger partial charge in [0.25, 0.3) is 0 Å². The largest absolute Gasteiger partial charge is 0.448 e. The molecule has 37 heavy (non-hydrogen) atoms. The number of aromatic nitrogens is 1. The highest BCUT2D eigenvalue weighted by atomic mass is 16.6. The Bertz CT molecular complexity index is 739. The molecule has 1 aromatic rings. The Morgan fingerprint density at radius 2 is 1.49 bits per heavy atom. The first-order chi connectivity index (χ1) is 18.1. The van der Waals surface area contributed by atoms with Gasteiger partial charge in [-0.15, -0.1) is 0 Å². The van der Waals surface area contributed by atoms with Crippen LogP contribution in [-0.2, 0) is 25.5 Å². The normalized spacial score (nSPS) is 14.2. The van der Waals surface area contributed by atoms with E-state index in [4.69, 9.17) is 14.2 Å². The van der Waals surface area contributed by atoms with Gasteiger partial charge in [-0.1, -0.05) is 96.5 Å². The number of ether oxygens (including phenoxy) is 3. The molecule has 0 unspecified atom stereocenters. The third-order valence-corrected chi connectivity index (χ3v) is 7.02. The molecule has 0 atom stereocenters. The Kier molecular flexibility index (Phi) is 16.1. The lowest BCUT2D eigenvalue weighted by Crippen LogP contribution is -2.51. The fourth-order valence-electron chi connectivity index (χ4n) is 4.54. The van der Waals surface area contributed by atoms with Crippen LogP contribution in [0.4, 0.5) is 4.79 Å². The zero-order valence-electron chi connectivity index (χ0n) is 23.4. The van der Waals surface area contributed by atoms with E-state index < -0.39 is 6.09 Å². The molecule has 1 aliphatic rings. The fourth-order valence-corrected chi connectivity index (χ4v) is 4.54. The Balaban J connectivity index is 1.49. The van der Waals surface area contributed by atoms with Crippen LogP contribution in [0.5, 0.6) is 0 Å². The number of carbonyl (C=O) groups excluding carboxylic acids is 2. The highest BCUT2D eigenvalue weighted by Crippen LogP contribution is 2.29. The maximum Gasteiger partial charge on any atom is 0.416 e. The second-order valence-corrected chi connectivity index (χ2v) is 10.6. The summed E-state index contributed by atoms with van der Waals surface area (Å²) in [4.78, 5) is 29.8. The van der Waals surface area contributed by atoms with Gasteiger partial charge in [0.2, 0.25) is 5.91 Å². The number of unbranched alkanes of at least 4 members (excludes halogenated alkanes) is 13. The van der Waals surface area contributed by atoms with Crippen molar-refractivity contribution >= 4 is 12.0 Å². The summed E-state index contributed by atoms with van der Waals surface area (Å²) < 4.78 is 16.8. The standard InChI is InChI=1S/C30H50N2O5/c1-3-4-5-6-7-8-9-10-11-12-13-14-15-18-21-35-23-30(24-36-25-30)26-37-29(34)32(27(2)33)22-28-19-16-17-20-31-28/h16-17,19-20H,3-15,18,21-26H2,1-2H3. The number of nitrogens with zero attached hydrogens (tertiary/aromatic N) is 2. The van der Waals surface area contributed by atoms with Crippen molar-refractivity contribution in [2.75, 3.05) is 33.0 Å². The summed E-state index contributed by atoms with van der Waals surface area (Å²) in [5.41, 5.74) is 0.312. The van der Waals surface area contributed by atoms with Crippen LogP contribution in [0.2, 0.25) is 0 Å². The van der Waals surface area contributed by atoms with E-state index in [1.165, 1.54) is 90.4 Å². The van der Waals surface area contributed by atoms with Crippen LogP contribution < -0.4 is 0 Å². The minimum atomic E-state index is -0.656. The van der Waals surface area contributed by atoms with Crippen molar-refractivity contribution in [3.63, 3.8) is 0 Å². The van der Waals surface area contributed by atoms with Crippen LogP contribution in [0.3, 0.4) is 0 Å². The van der Waals surface area contributed by atoms with Crippen LogP contribution in [0.25, 0.3) is 0 Å². The lowest BCUT2D eigenvalue weighted by molar-refractivity contribution is -0.170. The van der Waals surface area contributed by atoms with Crippen molar-refractivity contribution in [1.82, 2.24) is 9.88 Å². The number of pyridine rings is 1. The van der Waals surface area contributed by atoms with Gasteiger partial charge in [-0.05, 0) is 18.6 Å². The van der Waals surface area contributed by atoms with Gasteiger partial charge in [0, 0.05) is 19.7 Å². The molecule has 2 heterocycles. The molecule has 7 nitrogen and oxygen atoms in total. The van der Waals surface area contributed by atoms with Crippen LogP contribution in [0, 0.1) is 5.41 Å². The van der Waals surface area contributed by atoms with E-state index >= 15 is 0 Å². The van der Waals surface area contributed by atoms with Gasteiger partial charge in [-0.25, -0.2) is 9.69 Å². The van der Waals surface area contributed by atoms with Crippen LogP contribution in [-0.4, -0.2) is 54.9 Å². The number of carbonyl (C=O) groups is 2. The third-order valence-electron chi connectivity index (χ3n) is 7.02. The van der Waals surface area contributed by atoms with Crippen molar-refractivity contribution in [3.05, 3.63) is 30.1 Å². The number of rotatable bonds is 21. The van der Waals surface area contributed by atoms with Crippen molar-refractivity contribution in [1.29, 1.82) is 0 Å². The first-order valence-corrected chi connectivity index (χ1v) is 14.6. The summed E-state index contributed by atoms with van der Waals surface area (Å²) in [5.74, 6) is -0.372. The Hall–Kier alpha value is -1.99. The molecule has 0 N–H and O–H groups in total. The van der Waals surface area contributed by atoms with Crippen LogP contribution in [0.15, 0.2) is 24.4 Å². The zero-order valence-corrected chi connectivity index (χ0v) is 23.4. The number of amides is 2. The van der Waals surface area contributed by atoms with E-state index in [2.05, 4.69) is 11.9 Å². The van der Waals surface area contributed by atoms with E-state index in [9.17, 15) is 9.59 Å². The van der Waals surface area contributed by atoms with Gasteiger partial charge < -0.3 is 14.2 Å². The van der Waals surface area contributed by atoms with Gasteiger partial charge in [-0.3, -0.25) is 9.78 Å². The number of imide groups is 1. The van der Waals surface area contributed by atoms with Crippen molar-refractivity contribution in [2.45, 2.75) is 110 Å². The minimum Gasteiger partial charge on any atom is -0.448 e. The number of hydrogen-bond donors (Lipinski definition) is 0. The average Bonchev–Trinajstić information content (AvgIpc) is 2.88. The van der Waals surface area contributed by atoms with E-state index in [-0.39, 0.29) is 24.5 Å². The molecule has 0 spiro atoms. The molecule has 0 bridgehead atoms. The summed E-state index contributed by atoms with van der Waals surface area (Å²) in [5, 5.41) is 0. The minimum absolute atomic E-state index is 0.0914. The van der Waals surface area contributed by atoms with Gasteiger partial charge in [0.15, 0.2) is 0 Å². The highest BCUT2D eigenvalue weighted by Gasteiger charge is 2.41. The Morgan fingerprint density at radius 1 is 0.892 bits per heavy atom. The average molecular weight is 519 g/mol. The molecule has 210 valence electrons. The molecular formula is C30H50N2O5. The Morgan fingerprint density at radius 3 is 1.97 bits per heavy atom. The molecule has 2 rings (SSSR count). The van der Waals surface area contributed by atoms with Gasteiger partial charge >= 0.3 is 6.09 Å². The Labute approximate surface area is 224 Å². The van der Waals surface area contributed by atoms with Crippen molar-refractivity contribution in [3.8, 4) is 0 Å². The van der Waals surface area contributed by atoms with Crippen molar-refractivity contribution in [2.24, 2.45) is 5.41 Å². The predicted molar refractivity (Wildman–Crippen MR) is 146 cm³/mol. The number of hydrogen-bond acceptors (Lipinski definition) is 6. The smallest absolute Gasteiger partial charge is 0.416 e. The molecule has 0 radical (unpaired) electrons. The molecule has 0 saturated carbocycles. The molecule has 7 heteroatoms. The molecule has 1 saturated heterocycles. The summed E-state index contributed by atoms with van der Waals surface area (Å²) in [6.45, 7) is 6.11. The summed E-state index contributed by atoms with van der Waals surface area (Å²) in [6, 6.07) is 5.39. The molecule has 0 aliphatic carbocycles. The van der Waals surface area contributed by atoms with Gasteiger partial charge in [-0.2, -0.15) is 0 Å². The van der Waals surface area contributed by atoms with Crippen molar-refractivity contribution < 1.29 is 23.8 Å². The fraction of sp³-hybridized carbons (Fsp3) is 0.767. The SMILES string of the molecule is CCCCCCCCCCCCCCCCOCC1(COC(=O)N(Cc2ccccn2)C(C)=O)COC1. The molecule has 1 aliphatic heterocycles. The van der Waals surface area contributed by atoms with Gasteiger partial charge in [0.1, 0.15) is 6.61 Å². The first kappa shape index (κ1) is 31.2. The molecule has 2 amide bonds. The summed E-state index contributed by atoms with van der Waals surface area (Å²) in [7, 11) is 0. The lowest BCUT2D eigenvalue weighted by atomic mass is 9.88. The highest BCUT2D eigenvalue weighted by molar-refractivity contribution is 5.90. The zero-order chi connectivity index (χ0) is 26.6. The van der Waals surface area contributed by atoms with Gasteiger partial charge in [0.05, 0.1) is 37.5 Å². The third kappa shape index (κ3) is 13.4. The lowest BCUT2D eigenvalue weighted by Gasteiger charge is -2.40. The van der Waals surface area contributed by atoms with E-state index in [1.54, 1.807) is 18.3 Å². The first-order valence-electron chi connectivity index (χ1n) is 14.6.